The summed E-state index contributed by atoms with van der Waals surface area (Å²) in [5, 5.41) is 5.60. The van der Waals surface area contributed by atoms with Crippen LogP contribution in [0.4, 0.5) is 11.6 Å². The van der Waals surface area contributed by atoms with E-state index in [-0.39, 0.29) is 22.7 Å². The maximum Gasteiger partial charge on any atom is 0.270 e. The van der Waals surface area contributed by atoms with Crippen LogP contribution in [0.2, 0.25) is 5.28 Å². The first kappa shape index (κ1) is 23.8. The molecular formula is C25H20ClN9O2. The Morgan fingerprint density at radius 2 is 1.76 bits per heavy atom. The number of nitrogen functional groups attached to an aromatic ring is 1. The molecule has 1 unspecified atom stereocenters. The molecule has 5 rings (SSSR count). The highest BCUT2D eigenvalue weighted by molar-refractivity contribution is 6.28. The molecule has 0 aliphatic heterocycles. The van der Waals surface area contributed by atoms with Gasteiger partial charge >= 0.3 is 0 Å². The summed E-state index contributed by atoms with van der Waals surface area (Å²) in [6, 6.07) is 13.1. The fourth-order valence-corrected chi connectivity index (χ4v) is 3.94. The summed E-state index contributed by atoms with van der Waals surface area (Å²) in [6.07, 6.45) is 6.28. The van der Waals surface area contributed by atoms with Gasteiger partial charge in [0.1, 0.15) is 34.4 Å². The second kappa shape index (κ2) is 9.99. The van der Waals surface area contributed by atoms with Gasteiger partial charge < -0.3 is 16.4 Å². The van der Waals surface area contributed by atoms with Crippen molar-refractivity contribution >= 4 is 40.6 Å². The van der Waals surface area contributed by atoms with Crippen LogP contribution >= 0.6 is 11.6 Å². The molecule has 0 aliphatic carbocycles. The van der Waals surface area contributed by atoms with Crippen molar-refractivity contribution in [3.8, 4) is 11.3 Å². The zero-order valence-corrected chi connectivity index (χ0v) is 20.2. The highest BCUT2D eigenvalue weighted by atomic mass is 35.5. The maximum atomic E-state index is 12.7. The van der Waals surface area contributed by atoms with E-state index in [0.717, 1.165) is 5.56 Å². The molecule has 5 aromatic rings. The summed E-state index contributed by atoms with van der Waals surface area (Å²) in [6.45, 7) is 1.79. The largest absolute Gasteiger partial charge is 0.382 e. The highest BCUT2D eigenvalue weighted by Crippen LogP contribution is 2.30. The number of imidazole rings is 1. The number of nitrogens with one attached hydrogen (secondary N) is 2. The summed E-state index contributed by atoms with van der Waals surface area (Å²) < 4.78 is 1.78. The molecule has 0 saturated carbocycles. The lowest BCUT2D eigenvalue weighted by molar-refractivity contribution is 0.0932. The maximum absolute atomic E-state index is 12.7. The summed E-state index contributed by atoms with van der Waals surface area (Å²) in [4.78, 5) is 46.2. The molecular weight excluding hydrogens is 494 g/mol. The molecule has 0 saturated heterocycles. The summed E-state index contributed by atoms with van der Waals surface area (Å²) >= 11 is 5.81. The third-order valence-electron chi connectivity index (χ3n) is 5.53. The minimum Gasteiger partial charge on any atom is -0.382 e. The average molecular weight is 514 g/mol. The van der Waals surface area contributed by atoms with Crippen LogP contribution < -0.4 is 16.4 Å². The highest BCUT2D eigenvalue weighted by Gasteiger charge is 2.22. The van der Waals surface area contributed by atoms with Gasteiger partial charge in [0.15, 0.2) is 0 Å². The predicted molar refractivity (Wildman–Crippen MR) is 138 cm³/mol. The van der Waals surface area contributed by atoms with Gasteiger partial charge in [-0.05, 0) is 48.9 Å². The molecule has 37 heavy (non-hydrogen) atoms. The molecule has 4 heterocycles. The third-order valence-corrected chi connectivity index (χ3v) is 5.71. The van der Waals surface area contributed by atoms with Crippen LogP contribution in [0.1, 0.15) is 39.6 Å². The van der Waals surface area contributed by atoms with Crippen molar-refractivity contribution in [2.75, 3.05) is 11.1 Å². The Morgan fingerprint density at radius 1 is 0.946 bits per heavy atom. The van der Waals surface area contributed by atoms with Gasteiger partial charge in [0, 0.05) is 35.9 Å². The number of aromatic nitrogens is 6. The molecule has 0 fully saturated rings. The number of nitrogens with zero attached hydrogens (tertiary/aromatic N) is 6. The van der Waals surface area contributed by atoms with E-state index in [9.17, 15) is 9.59 Å². The lowest BCUT2D eigenvalue weighted by Gasteiger charge is -2.12. The van der Waals surface area contributed by atoms with Crippen LogP contribution in [0.3, 0.4) is 0 Å². The number of hydrogen-bond donors (Lipinski definition) is 3. The predicted octanol–water partition coefficient (Wildman–Crippen LogP) is 3.56. The van der Waals surface area contributed by atoms with Crippen molar-refractivity contribution in [2.45, 2.75) is 13.0 Å². The Balaban J connectivity index is 1.44. The molecule has 0 radical (unpaired) electrons. The van der Waals surface area contributed by atoms with E-state index in [4.69, 9.17) is 22.3 Å². The fraction of sp³-hybridized carbons (Fsp3) is 0.0800. The van der Waals surface area contributed by atoms with Crippen molar-refractivity contribution in [1.29, 1.82) is 0 Å². The third kappa shape index (κ3) is 4.93. The SMILES string of the molecule is CC(NC(=O)c1ccnc(Cl)n1)c1nc(-c2ccc(C(=O)Nc3ccccn3)cc2)c2c(N)nccn12. The van der Waals surface area contributed by atoms with Crippen LogP contribution in [-0.4, -0.2) is 41.1 Å². The number of anilines is 2. The van der Waals surface area contributed by atoms with Gasteiger partial charge in [0.25, 0.3) is 11.8 Å². The van der Waals surface area contributed by atoms with Crippen LogP contribution in [0, 0.1) is 0 Å². The quantitative estimate of drug-likeness (QED) is 0.291. The van der Waals surface area contributed by atoms with Crippen LogP contribution in [0.5, 0.6) is 0 Å². The van der Waals surface area contributed by atoms with Gasteiger partial charge in [-0.2, -0.15) is 0 Å². The Hall–Kier alpha value is -4.90. The van der Waals surface area contributed by atoms with E-state index in [1.165, 1.54) is 12.3 Å². The van der Waals surface area contributed by atoms with Crippen molar-refractivity contribution in [1.82, 2.24) is 34.6 Å². The Morgan fingerprint density at radius 3 is 2.49 bits per heavy atom. The number of fused-ring (bicyclic) bond motifs is 1. The van der Waals surface area contributed by atoms with Gasteiger partial charge in [0.2, 0.25) is 5.28 Å². The molecule has 184 valence electrons. The molecule has 2 amide bonds. The minimum atomic E-state index is -0.521. The second-order valence-corrected chi connectivity index (χ2v) is 8.34. The first-order valence-corrected chi connectivity index (χ1v) is 11.5. The standard InChI is InChI=1S/C25H20ClN9O2/c1-14(31-24(37)17-9-11-30-25(26)32-17)22-34-19(20-21(27)29-12-13-35(20)22)15-5-7-16(8-6-15)23(36)33-18-4-2-3-10-28-18/h2-14H,1H3,(H2,27,29)(H,31,37)(H,28,33,36). The van der Waals surface area contributed by atoms with Gasteiger partial charge in [-0.15, -0.1) is 0 Å². The number of rotatable bonds is 6. The zero-order valence-electron chi connectivity index (χ0n) is 19.5. The number of hydrogen-bond acceptors (Lipinski definition) is 8. The normalized spacial score (nSPS) is 11.7. The number of amides is 2. The van der Waals surface area contributed by atoms with Crippen LogP contribution in [0.25, 0.3) is 16.8 Å². The van der Waals surface area contributed by atoms with Crippen LogP contribution in [0.15, 0.2) is 73.3 Å². The number of nitrogens with two attached hydrogens (primary N) is 1. The van der Waals surface area contributed by atoms with Crippen molar-refractivity contribution < 1.29 is 9.59 Å². The topological polar surface area (TPSA) is 153 Å². The second-order valence-electron chi connectivity index (χ2n) is 8.00. The fourth-order valence-electron chi connectivity index (χ4n) is 3.79. The van der Waals surface area contributed by atoms with E-state index < -0.39 is 11.9 Å². The summed E-state index contributed by atoms with van der Waals surface area (Å²) in [7, 11) is 0. The minimum absolute atomic E-state index is 0.0233. The molecule has 12 heteroatoms. The smallest absolute Gasteiger partial charge is 0.270 e. The lowest BCUT2D eigenvalue weighted by Crippen LogP contribution is -2.28. The van der Waals surface area contributed by atoms with Gasteiger partial charge in [-0.25, -0.2) is 24.9 Å². The van der Waals surface area contributed by atoms with Crippen molar-refractivity contribution in [2.24, 2.45) is 0 Å². The number of carbonyl (C=O) groups is 2. The molecule has 4 aromatic heterocycles. The van der Waals surface area contributed by atoms with E-state index in [2.05, 4.69) is 30.6 Å². The molecule has 1 aromatic carbocycles. The van der Waals surface area contributed by atoms with E-state index >= 15 is 0 Å². The first-order valence-electron chi connectivity index (χ1n) is 11.2. The number of carbonyl (C=O) groups excluding carboxylic acids is 2. The van der Waals surface area contributed by atoms with Gasteiger partial charge in [0.05, 0.1) is 6.04 Å². The Bertz CT molecular complexity index is 1600. The van der Waals surface area contributed by atoms with E-state index in [0.29, 0.717) is 28.4 Å². The van der Waals surface area contributed by atoms with Gasteiger partial charge in [-0.3, -0.25) is 14.0 Å². The molecule has 0 aliphatic rings. The zero-order chi connectivity index (χ0) is 25.9. The lowest BCUT2D eigenvalue weighted by atomic mass is 10.1. The molecule has 1 atom stereocenters. The molecule has 11 nitrogen and oxygen atoms in total. The number of halogens is 1. The van der Waals surface area contributed by atoms with E-state index in [1.54, 1.807) is 72.4 Å². The molecule has 0 spiro atoms. The molecule has 0 bridgehead atoms. The first-order chi connectivity index (χ1) is 17.9. The van der Waals surface area contributed by atoms with Gasteiger partial charge in [-0.1, -0.05) is 18.2 Å². The summed E-state index contributed by atoms with van der Waals surface area (Å²) in [5.74, 6) is 0.544. The van der Waals surface area contributed by atoms with Crippen molar-refractivity contribution in [3.05, 3.63) is 95.7 Å². The van der Waals surface area contributed by atoms with E-state index in [1.807, 2.05) is 0 Å². The number of benzene rings is 1. The van der Waals surface area contributed by atoms with Crippen LogP contribution in [-0.2, 0) is 0 Å². The Kier molecular flexibility index (Phi) is 6.43. The average Bonchev–Trinajstić information content (AvgIpc) is 3.30. The van der Waals surface area contributed by atoms with Crippen molar-refractivity contribution in [3.63, 3.8) is 0 Å². The monoisotopic (exact) mass is 513 g/mol. The Labute approximate surface area is 215 Å². The number of pyridine rings is 1. The molecule has 4 N–H and O–H groups in total. The summed E-state index contributed by atoms with van der Waals surface area (Å²) in [5.41, 5.74) is 8.66.